The van der Waals surface area contributed by atoms with E-state index >= 15 is 0 Å². The van der Waals surface area contributed by atoms with Crippen molar-refractivity contribution in [1.82, 2.24) is 25.1 Å². The molecular weight excluding hydrogens is 434 g/mol. The van der Waals surface area contributed by atoms with Crippen LogP contribution in [0.25, 0.3) is 0 Å². The van der Waals surface area contributed by atoms with Crippen LogP contribution >= 0.6 is 11.3 Å². The highest BCUT2D eigenvalue weighted by molar-refractivity contribution is 7.09. The monoisotopic (exact) mass is 465 g/mol. The van der Waals surface area contributed by atoms with E-state index in [-0.39, 0.29) is 17.9 Å². The summed E-state index contributed by atoms with van der Waals surface area (Å²) in [6.45, 7) is 5.11. The topological polar surface area (TPSA) is 79.3 Å². The molecule has 7 nitrogen and oxygen atoms in total. The van der Waals surface area contributed by atoms with Gasteiger partial charge in [0.25, 0.3) is 0 Å². The van der Waals surface area contributed by atoms with Gasteiger partial charge in [0.2, 0.25) is 5.91 Å². The van der Waals surface area contributed by atoms with Crippen LogP contribution in [0.5, 0.6) is 0 Å². The van der Waals surface area contributed by atoms with Gasteiger partial charge in [-0.05, 0) is 48.8 Å². The average molecular weight is 466 g/mol. The summed E-state index contributed by atoms with van der Waals surface area (Å²) in [5, 5.41) is 8.13. The number of aromatic nitrogens is 2. The molecule has 1 aliphatic heterocycles. The van der Waals surface area contributed by atoms with Crippen molar-refractivity contribution in [3.63, 3.8) is 0 Å². The number of carbonyl (C=O) groups excluding carboxylic acids is 2. The second-order valence-corrected chi connectivity index (χ2v) is 9.49. The number of aryl methyl sites for hydroxylation is 1. The number of rotatable bonds is 8. The number of hydrogen-bond acceptors (Lipinski definition) is 4. The fourth-order valence-electron chi connectivity index (χ4n) is 4.15. The van der Waals surface area contributed by atoms with Crippen molar-refractivity contribution in [1.29, 1.82) is 0 Å². The van der Waals surface area contributed by atoms with Crippen molar-refractivity contribution in [2.24, 2.45) is 5.92 Å². The molecule has 1 fully saturated rings. The molecule has 0 unspecified atom stereocenters. The number of carbonyl (C=O) groups is 2. The van der Waals surface area contributed by atoms with Crippen molar-refractivity contribution in [3.05, 3.63) is 76.0 Å². The molecule has 1 aromatic carbocycles. The molecule has 3 heterocycles. The summed E-state index contributed by atoms with van der Waals surface area (Å²) < 4.78 is 2.10. The minimum Gasteiger partial charge on any atom is -0.355 e. The van der Waals surface area contributed by atoms with Crippen LogP contribution in [0.1, 0.15) is 34.7 Å². The Morgan fingerprint density at radius 1 is 1.12 bits per heavy atom. The Kier molecular flexibility index (Phi) is 7.78. The van der Waals surface area contributed by atoms with E-state index in [1.807, 2.05) is 36.2 Å². The number of nitrogens with one attached hydrogen (secondary N) is 2. The predicted molar refractivity (Wildman–Crippen MR) is 130 cm³/mol. The number of amides is 3. The van der Waals surface area contributed by atoms with Crippen LogP contribution < -0.4 is 10.6 Å². The first kappa shape index (κ1) is 23.0. The normalized spacial score (nSPS) is 14.3. The van der Waals surface area contributed by atoms with Crippen LogP contribution in [-0.4, -0.2) is 46.0 Å². The molecule has 3 amide bonds. The summed E-state index contributed by atoms with van der Waals surface area (Å²) in [7, 11) is 0. The van der Waals surface area contributed by atoms with Gasteiger partial charge in [0, 0.05) is 55.9 Å². The van der Waals surface area contributed by atoms with Gasteiger partial charge in [-0.25, -0.2) is 9.78 Å². The highest BCUT2D eigenvalue weighted by Crippen LogP contribution is 2.18. The minimum absolute atomic E-state index is 0.0132. The molecule has 4 rings (SSSR count). The molecule has 0 spiro atoms. The van der Waals surface area contributed by atoms with Gasteiger partial charge in [-0.1, -0.05) is 30.3 Å². The summed E-state index contributed by atoms with van der Waals surface area (Å²) in [6.07, 6.45) is 6.05. The molecule has 2 aromatic heterocycles. The fourth-order valence-corrected chi connectivity index (χ4v) is 4.86. The van der Waals surface area contributed by atoms with Gasteiger partial charge in [0.1, 0.15) is 5.82 Å². The van der Waals surface area contributed by atoms with Crippen LogP contribution in [-0.2, 0) is 24.3 Å². The maximum Gasteiger partial charge on any atom is 0.317 e. The summed E-state index contributed by atoms with van der Waals surface area (Å²) in [4.78, 5) is 32.4. The van der Waals surface area contributed by atoms with Crippen molar-refractivity contribution in [2.45, 2.75) is 39.3 Å². The average Bonchev–Trinajstić information content (AvgIpc) is 3.50. The van der Waals surface area contributed by atoms with Gasteiger partial charge in [0.15, 0.2) is 0 Å². The molecule has 1 aliphatic rings. The van der Waals surface area contributed by atoms with Gasteiger partial charge < -0.3 is 20.1 Å². The smallest absolute Gasteiger partial charge is 0.317 e. The van der Waals surface area contributed by atoms with E-state index < -0.39 is 0 Å². The van der Waals surface area contributed by atoms with Crippen LogP contribution in [0.2, 0.25) is 0 Å². The quantitative estimate of drug-likeness (QED) is 0.534. The summed E-state index contributed by atoms with van der Waals surface area (Å²) in [5.41, 5.74) is 2.24. The zero-order valence-corrected chi connectivity index (χ0v) is 19.8. The number of hydrogen-bond donors (Lipinski definition) is 2. The summed E-state index contributed by atoms with van der Waals surface area (Å²) in [5.74, 6) is 1.07. The van der Waals surface area contributed by atoms with E-state index in [0.29, 0.717) is 39.0 Å². The summed E-state index contributed by atoms with van der Waals surface area (Å²) in [6, 6.07) is 12.3. The van der Waals surface area contributed by atoms with Crippen molar-refractivity contribution >= 4 is 23.3 Å². The third kappa shape index (κ3) is 6.44. The fraction of sp³-hybridized carbons (Fsp3) is 0.400. The van der Waals surface area contributed by atoms with Gasteiger partial charge >= 0.3 is 6.03 Å². The van der Waals surface area contributed by atoms with E-state index in [4.69, 9.17) is 0 Å². The molecule has 0 atom stereocenters. The van der Waals surface area contributed by atoms with Crippen LogP contribution in [0.15, 0.2) is 54.2 Å². The third-order valence-electron chi connectivity index (χ3n) is 6.12. The largest absolute Gasteiger partial charge is 0.355 e. The molecule has 174 valence electrons. The van der Waals surface area contributed by atoms with Gasteiger partial charge in [-0.15, -0.1) is 11.3 Å². The SMILES string of the molecule is Cc1nccn1Cc1cccc(CNC(=O)N2CCC(C(=O)NCCc3cccs3)CC2)c1. The Labute approximate surface area is 198 Å². The number of likely N-dealkylation sites (tertiary alicyclic amines) is 1. The van der Waals surface area contributed by atoms with Crippen LogP contribution in [0.4, 0.5) is 4.79 Å². The number of thiophene rings is 1. The third-order valence-corrected chi connectivity index (χ3v) is 7.05. The lowest BCUT2D eigenvalue weighted by atomic mass is 9.96. The lowest BCUT2D eigenvalue weighted by Crippen LogP contribution is -2.46. The van der Waals surface area contributed by atoms with Crippen molar-refractivity contribution < 1.29 is 9.59 Å². The molecule has 1 saturated heterocycles. The number of piperidine rings is 1. The maximum absolute atomic E-state index is 12.6. The Balaban J connectivity index is 1.18. The van der Waals surface area contributed by atoms with E-state index in [0.717, 1.165) is 24.4 Å². The van der Waals surface area contributed by atoms with E-state index in [2.05, 4.69) is 43.8 Å². The van der Waals surface area contributed by atoms with Gasteiger partial charge in [0.05, 0.1) is 0 Å². The molecule has 33 heavy (non-hydrogen) atoms. The van der Waals surface area contributed by atoms with Crippen LogP contribution in [0.3, 0.4) is 0 Å². The molecule has 0 aliphatic carbocycles. The lowest BCUT2D eigenvalue weighted by Gasteiger charge is -2.31. The van der Waals surface area contributed by atoms with E-state index in [9.17, 15) is 9.59 Å². The Morgan fingerprint density at radius 2 is 1.94 bits per heavy atom. The number of nitrogens with zero attached hydrogens (tertiary/aromatic N) is 3. The first-order valence-electron chi connectivity index (χ1n) is 11.5. The van der Waals surface area contributed by atoms with Crippen molar-refractivity contribution in [3.8, 4) is 0 Å². The Bertz CT molecular complexity index is 1050. The van der Waals surface area contributed by atoms with Crippen molar-refractivity contribution in [2.75, 3.05) is 19.6 Å². The molecule has 2 N–H and O–H groups in total. The Hall–Kier alpha value is -3.13. The first-order valence-corrected chi connectivity index (χ1v) is 12.3. The highest BCUT2D eigenvalue weighted by atomic mass is 32.1. The van der Waals surface area contributed by atoms with E-state index in [1.54, 1.807) is 17.5 Å². The summed E-state index contributed by atoms with van der Waals surface area (Å²) >= 11 is 1.71. The lowest BCUT2D eigenvalue weighted by molar-refractivity contribution is -0.126. The minimum atomic E-state index is -0.0672. The molecule has 3 aromatic rings. The second-order valence-electron chi connectivity index (χ2n) is 8.46. The highest BCUT2D eigenvalue weighted by Gasteiger charge is 2.27. The molecule has 0 radical (unpaired) electrons. The molecule has 8 heteroatoms. The second kappa shape index (κ2) is 11.1. The standard InChI is InChI=1S/C25H31N5O2S/c1-19-26-11-14-30(19)18-21-5-2-4-20(16-21)17-28-25(32)29-12-8-22(9-13-29)24(31)27-10-7-23-6-3-15-33-23/h2-6,11,14-16,22H,7-10,12-13,17-18H2,1H3,(H,27,31)(H,28,32). The molecule has 0 saturated carbocycles. The van der Waals surface area contributed by atoms with Crippen LogP contribution in [0, 0.1) is 12.8 Å². The zero-order chi connectivity index (χ0) is 23.0. The van der Waals surface area contributed by atoms with Gasteiger partial charge in [-0.2, -0.15) is 0 Å². The van der Waals surface area contributed by atoms with Gasteiger partial charge in [-0.3, -0.25) is 4.79 Å². The molecular formula is C25H31N5O2S. The number of urea groups is 1. The zero-order valence-electron chi connectivity index (χ0n) is 19.0. The first-order chi connectivity index (χ1) is 16.1. The maximum atomic E-state index is 12.6. The molecule has 0 bridgehead atoms. The number of imidazole rings is 1. The Morgan fingerprint density at radius 3 is 2.67 bits per heavy atom. The number of benzene rings is 1. The van der Waals surface area contributed by atoms with E-state index in [1.165, 1.54) is 10.4 Å². The predicted octanol–water partition coefficient (Wildman–Crippen LogP) is 3.58.